The Hall–Kier alpha value is -1.59. The van der Waals surface area contributed by atoms with Crippen LogP contribution in [0.5, 0.6) is 0 Å². The van der Waals surface area contributed by atoms with Crippen LogP contribution in [0, 0.1) is 6.92 Å². The van der Waals surface area contributed by atoms with Gasteiger partial charge in [0.15, 0.2) is 0 Å². The van der Waals surface area contributed by atoms with Crippen molar-refractivity contribution < 1.29 is 9.59 Å². The summed E-state index contributed by atoms with van der Waals surface area (Å²) in [5.74, 6) is 0.289. The van der Waals surface area contributed by atoms with Crippen molar-refractivity contribution in [3.63, 3.8) is 0 Å². The Bertz CT molecular complexity index is 638. The molecule has 3 rings (SSSR count). The van der Waals surface area contributed by atoms with E-state index in [0.29, 0.717) is 38.5 Å². The van der Waals surface area contributed by atoms with Crippen LogP contribution in [0.3, 0.4) is 0 Å². The molecule has 1 aromatic rings. The number of carbonyl (C=O) groups excluding carboxylic acids is 2. The molecule has 0 radical (unpaired) electrons. The van der Waals surface area contributed by atoms with Crippen molar-refractivity contribution in [2.45, 2.75) is 38.6 Å². The molecule has 136 valence electrons. The average Bonchev–Trinajstić information content (AvgIpc) is 3.40. The van der Waals surface area contributed by atoms with Gasteiger partial charge in [-0.05, 0) is 43.4 Å². The Morgan fingerprint density at radius 2 is 1.92 bits per heavy atom. The first kappa shape index (κ1) is 18.2. The summed E-state index contributed by atoms with van der Waals surface area (Å²) in [6.07, 6.45) is 3.44. The number of amides is 2. The van der Waals surface area contributed by atoms with Gasteiger partial charge < -0.3 is 10.2 Å². The summed E-state index contributed by atoms with van der Waals surface area (Å²) in [6, 6.07) is 6.38. The Morgan fingerprint density at radius 3 is 2.56 bits per heavy atom. The number of halogens is 1. The largest absolute Gasteiger partial charge is 0.352 e. The molecule has 1 aromatic carbocycles. The summed E-state index contributed by atoms with van der Waals surface area (Å²) in [5, 5.41) is 3.76. The van der Waals surface area contributed by atoms with E-state index in [-0.39, 0.29) is 11.8 Å². The van der Waals surface area contributed by atoms with Gasteiger partial charge in [-0.2, -0.15) is 0 Å². The predicted octanol–water partition coefficient (Wildman–Crippen LogP) is 2.00. The second-order valence-corrected chi connectivity index (χ2v) is 7.49. The molecule has 6 heteroatoms. The van der Waals surface area contributed by atoms with Crippen molar-refractivity contribution in [1.29, 1.82) is 0 Å². The van der Waals surface area contributed by atoms with Crippen LogP contribution in [0.25, 0.3) is 0 Å². The molecule has 2 fully saturated rings. The summed E-state index contributed by atoms with van der Waals surface area (Å²) >= 11 is 6.14. The van der Waals surface area contributed by atoms with Gasteiger partial charge in [-0.25, -0.2) is 0 Å². The lowest BCUT2D eigenvalue weighted by molar-refractivity contribution is -0.133. The maximum absolute atomic E-state index is 12.4. The zero-order valence-corrected chi connectivity index (χ0v) is 15.5. The highest BCUT2D eigenvalue weighted by Crippen LogP contribution is 2.19. The van der Waals surface area contributed by atoms with E-state index in [2.05, 4.69) is 10.2 Å². The van der Waals surface area contributed by atoms with Crippen LogP contribution in [0.15, 0.2) is 18.2 Å². The van der Waals surface area contributed by atoms with E-state index in [1.54, 1.807) is 0 Å². The second-order valence-electron chi connectivity index (χ2n) is 7.08. The van der Waals surface area contributed by atoms with Gasteiger partial charge in [0.1, 0.15) is 0 Å². The lowest BCUT2D eigenvalue weighted by Crippen LogP contribution is -2.51. The fourth-order valence-electron chi connectivity index (χ4n) is 3.06. The van der Waals surface area contributed by atoms with Crippen LogP contribution in [-0.2, 0) is 16.0 Å². The van der Waals surface area contributed by atoms with E-state index in [1.165, 1.54) is 0 Å². The van der Waals surface area contributed by atoms with Gasteiger partial charge in [0.2, 0.25) is 11.8 Å². The Morgan fingerprint density at radius 1 is 1.20 bits per heavy atom. The van der Waals surface area contributed by atoms with Crippen LogP contribution in [-0.4, -0.2) is 60.4 Å². The molecule has 1 saturated heterocycles. The molecule has 2 amide bonds. The standard InChI is InChI=1S/C19H26ClN3O2/c1-14-2-3-15(12-17(14)20)4-7-19(25)23-10-8-22(9-11-23)13-18(24)21-16-5-6-16/h2-3,12,16H,4-11,13H2,1H3,(H,21,24). The van der Waals surface area contributed by atoms with Crippen molar-refractivity contribution in [3.8, 4) is 0 Å². The molecule has 0 bridgehead atoms. The summed E-state index contributed by atoms with van der Waals surface area (Å²) in [4.78, 5) is 28.3. The highest BCUT2D eigenvalue weighted by molar-refractivity contribution is 6.31. The number of carbonyl (C=O) groups is 2. The average molecular weight is 364 g/mol. The number of benzene rings is 1. The van der Waals surface area contributed by atoms with E-state index < -0.39 is 0 Å². The fourth-order valence-corrected chi connectivity index (χ4v) is 3.26. The van der Waals surface area contributed by atoms with Gasteiger partial charge in [-0.1, -0.05) is 23.7 Å². The smallest absolute Gasteiger partial charge is 0.234 e. The zero-order chi connectivity index (χ0) is 17.8. The highest BCUT2D eigenvalue weighted by Gasteiger charge is 2.26. The van der Waals surface area contributed by atoms with Gasteiger partial charge in [0, 0.05) is 43.7 Å². The Labute approximate surface area is 154 Å². The van der Waals surface area contributed by atoms with E-state index in [0.717, 1.165) is 42.1 Å². The Balaban J connectivity index is 1.38. The monoisotopic (exact) mass is 363 g/mol. The third-order valence-corrected chi connectivity index (χ3v) is 5.31. The molecule has 0 unspecified atom stereocenters. The summed E-state index contributed by atoms with van der Waals surface area (Å²) < 4.78 is 0. The molecule has 1 N–H and O–H groups in total. The molecule has 1 aliphatic heterocycles. The maximum Gasteiger partial charge on any atom is 0.234 e. The first-order valence-electron chi connectivity index (χ1n) is 9.06. The number of aryl methyl sites for hydroxylation is 2. The molecular weight excluding hydrogens is 338 g/mol. The number of nitrogens with one attached hydrogen (secondary N) is 1. The molecular formula is C19H26ClN3O2. The predicted molar refractivity (Wildman–Crippen MR) is 98.7 cm³/mol. The third kappa shape index (κ3) is 5.44. The molecule has 25 heavy (non-hydrogen) atoms. The maximum atomic E-state index is 12.4. The van der Waals surface area contributed by atoms with Gasteiger partial charge in [0.05, 0.1) is 6.54 Å². The number of nitrogens with zero attached hydrogens (tertiary/aromatic N) is 2. The summed E-state index contributed by atoms with van der Waals surface area (Å²) in [6.45, 7) is 5.34. The number of hydrogen-bond acceptors (Lipinski definition) is 3. The summed E-state index contributed by atoms with van der Waals surface area (Å²) in [5.41, 5.74) is 2.15. The quantitative estimate of drug-likeness (QED) is 0.841. The molecule has 0 atom stereocenters. The second kappa shape index (κ2) is 8.19. The minimum atomic E-state index is 0.110. The van der Waals surface area contributed by atoms with E-state index in [4.69, 9.17) is 11.6 Å². The fraction of sp³-hybridized carbons (Fsp3) is 0.579. The first-order chi connectivity index (χ1) is 12.0. The Kier molecular flexibility index (Phi) is 5.97. The number of piperazine rings is 1. The SMILES string of the molecule is Cc1ccc(CCC(=O)N2CCN(CC(=O)NC3CC3)CC2)cc1Cl. The van der Waals surface area contributed by atoms with Crippen LogP contribution in [0.2, 0.25) is 5.02 Å². The van der Waals surface area contributed by atoms with Gasteiger partial charge in [-0.3, -0.25) is 14.5 Å². The molecule has 5 nitrogen and oxygen atoms in total. The van der Waals surface area contributed by atoms with Crippen molar-refractivity contribution in [1.82, 2.24) is 15.1 Å². The minimum absolute atomic E-state index is 0.110. The molecule has 0 aromatic heterocycles. The molecule has 1 heterocycles. The van der Waals surface area contributed by atoms with E-state index in [9.17, 15) is 9.59 Å². The van der Waals surface area contributed by atoms with Crippen LogP contribution in [0.4, 0.5) is 0 Å². The van der Waals surface area contributed by atoms with E-state index in [1.807, 2.05) is 30.0 Å². The van der Waals surface area contributed by atoms with Gasteiger partial charge >= 0.3 is 0 Å². The lowest BCUT2D eigenvalue weighted by Gasteiger charge is -2.34. The van der Waals surface area contributed by atoms with Crippen LogP contribution >= 0.6 is 11.6 Å². The molecule has 2 aliphatic rings. The number of hydrogen-bond donors (Lipinski definition) is 1. The molecule has 1 aliphatic carbocycles. The summed E-state index contributed by atoms with van der Waals surface area (Å²) in [7, 11) is 0. The van der Waals surface area contributed by atoms with Crippen LogP contribution in [0.1, 0.15) is 30.4 Å². The topological polar surface area (TPSA) is 52.7 Å². The molecule has 1 saturated carbocycles. The van der Waals surface area contributed by atoms with Crippen molar-refractivity contribution in [2.24, 2.45) is 0 Å². The van der Waals surface area contributed by atoms with Gasteiger partial charge in [-0.15, -0.1) is 0 Å². The first-order valence-corrected chi connectivity index (χ1v) is 9.43. The van der Waals surface area contributed by atoms with Gasteiger partial charge in [0.25, 0.3) is 0 Å². The third-order valence-electron chi connectivity index (χ3n) is 4.90. The van der Waals surface area contributed by atoms with Crippen molar-refractivity contribution in [3.05, 3.63) is 34.3 Å². The minimum Gasteiger partial charge on any atom is -0.352 e. The van der Waals surface area contributed by atoms with Crippen LogP contribution < -0.4 is 5.32 Å². The zero-order valence-electron chi connectivity index (χ0n) is 14.8. The van der Waals surface area contributed by atoms with E-state index >= 15 is 0 Å². The van der Waals surface area contributed by atoms with Crippen molar-refractivity contribution in [2.75, 3.05) is 32.7 Å². The molecule has 0 spiro atoms. The van der Waals surface area contributed by atoms with Crippen molar-refractivity contribution >= 4 is 23.4 Å². The lowest BCUT2D eigenvalue weighted by atomic mass is 10.1. The number of rotatable bonds is 6. The highest BCUT2D eigenvalue weighted by atomic mass is 35.5. The normalized spacial score (nSPS) is 18.2.